The summed E-state index contributed by atoms with van der Waals surface area (Å²) in [6, 6.07) is 9.11. The summed E-state index contributed by atoms with van der Waals surface area (Å²) in [7, 11) is 0. The van der Waals surface area contributed by atoms with Gasteiger partial charge in [-0.05, 0) is 51.1 Å². The van der Waals surface area contributed by atoms with E-state index in [4.69, 9.17) is 4.74 Å². The zero-order valence-electron chi connectivity index (χ0n) is 15.6. The molecule has 2 rings (SSSR count). The number of amides is 2. The molecule has 0 atom stereocenters. The van der Waals surface area contributed by atoms with Gasteiger partial charge in [-0.3, -0.25) is 20.2 Å². The van der Waals surface area contributed by atoms with Crippen molar-refractivity contribution >= 4 is 23.4 Å². The molecular weight excluding hydrogens is 369 g/mol. The molecule has 0 aromatic heterocycles. The first-order chi connectivity index (χ1) is 13.0. The lowest BCUT2D eigenvalue weighted by atomic mass is 10.1. The van der Waals surface area contributed by atoms with Crippen LogP contribution in [0.5, 0.6) is 0 Å². The molecule has 0 saturated carbocycles. The Bertz CT molecular complexity index is 909. The number of ether oxygens (including phenoxy) is 1. The lowest BCUT2D eigenvalue weighted by molar-refractivity contribution is -0.385. The van der Waals surface area contributed by atoms with E-state index in [1.54, 1.807) is 32.9 Å². The molecule has 0 radical (unpaired) electrons. The molecule has 2 amide bonds. The van der Waals surface area contributed by atoms with Crippen molar-refractivity contribution in [3.63, 3.8) is 0 Å². The van der Waals surface area contributed by atoms with E-state index in [-0.39, 0.29) is 23.4 Å². The minimum Gasteiger partial charge on any atom is -0.444 e. The van der Waals surface area contributed by atoms with Gasteiger partial charge in [0.05, 0.1) is 10.5 Å². The molecule has 0 aliphatic rings. The Morgan fingerprint density at radius 1 is 1.18 bits per heavy atom. The average Bonchev–Trinajstić information content (AvgIpc) is 2.57. The zero-order valence-corrected chi connectivity index (χ0v) is 15.6. The first-order valence-corrected chi connectivity index (χ1v) is 8.36. The Kier molecular flexibility index (Phi) is 6.29. The Hall–Kier alpha value is -3.49. The zero-order chi connectivity index (χ0) is 20.9. The highest BCUT2D eigenvalue weighted by atomic mass is 19.1. The third kappa shape index (κ3) is 6.04. The van der Waals surface area contributed by atoms with Crippen molar-refractivity contribution in [1.29, 1.82) is 0 Å². The second-order valence-electron chi connectivity index (χ2n) is 6.92. The number of carbonyl (C=O) groups excluding carboxylic acids is 2. The summed E-state index contributed by atoms with van der Waals surface area (Å²) < 4.78 is 18.5. The number of nitrogens with zero attached hydrogens (tertiary/aromatic N) is 1. The Morgan fingerprint density at radius 3 is 2.54 bits per heavy atom. The summed E-state index contributed by atoms with van der Waals surface area (Å²) >= 11 is 0. The van der Waals surface area contributed by atoms with Gasteiger partial charge in [0.1, 0.15) is 11.4 Å². The third-order valence-electron chi connectivity index (χ3n) is 3.45. The van der Waals surface area contributed by atoms with Crippen LogP contribution in [-0.2, 0) is 11.3 Å². The molecular formula is C19H20FN3O5. The van der Waals surface area contributed by atoms with Crippen molar-refractivity contribution in [2.24, 2.45) is 0 Å². The Morgan fingerprint density at radius 2 is 1.89 bits per heavy atom. The van der Waals surface area contributed by atoms with Crippen molar-refractivity contribution in [3.05, 3.63) is 69.5 Å². The van der Waals surface area contributed by atoms with Crippen LogP contribution in [0.2, 0.25) is 0 Å². The molecule has 9 heteroatoms. The highest BCUT2D eigenvalue weighted by Crippen LogP contribution is 2.20. The maximum Gasteiger partial charge on any atom is 0.412 e. The number of benzene rings is 2. The molecule has 2 aromatic carbocycles. The van der Waals surface area contributed by atoms with Crippen LogP contribution in [0.4, 0.5) is 20.6 Å². The fourth-order valence-corrected chi connectivity index (χ4v) is 2.31. The molecule has 8 nitrogen and oxygen atoms in total. The molecule has 0 spiro atoms. The van der Waals surface area contributed by atoms with Gasteiger partial charge in [0, 0.05) is 23.9 Å². The van der Waals surface area contributed by atoms with Gasteiger partial charge in [0.25, 0.3) is 11.6 Å². The van der Waals surface area contributed by atoms with Crippen LogP contribution in [0.1, 0.15) is 36.7 Å². The van der Waals surface area contributed by atoms with Crippen molar-refractivity contribution in [3.8, 4) is 0 Å². The largest absolute Gasteiger partial charge is 0.444 e. The van der Waals surface area contributed by atoms with E-state index in [0.717, 1.165) is 18.2 Å². The van der Waals surface area contributed by atoms with Crippen LogP contribution in [0.25, 0.3) is 0 Å². The van der Waals surface area contributed by atoms with E-state index in [2.05, 4.69) is 10.6 Å². The lowest BCUT2D eigenvalue weighted by Gasteiger charge is -2.19. The SMILES string of the molecule is CC(C)(C)OC(=O)Nc1cccc(C(=O)NCc2cc(F)ccc2[N+](=O)[O-])c1. The van der Waals surface area contributed by atoms with E-state index in [9.17, 15) is 24.1 Å². The van der Waals surface area contributed by atoms with Gasteiger partial charge < -0.3 is 10.1 Å². The second-order valence-corrected chi connectivity index (χ2v) is 6.92. The smallest absolute Gasteiger partial charge is 0.412 e. The lowest BCUT2D eigenvalue weighted by Crippen LogP contribution is -2.27. The average molecular weight is 389 g/mol. The number of hydrogen-bond acceptors (Lipinski definition) is 5. The molecule has 0 saturated heterocycles. The van der Waals surface area contributed by atoms with Gasteiger partial charge in [-0.1, -0.05) is 6.07 Å². The number of hydrogen-bond donors (Lipinski definition) is 2. The van der Waals surface area contributed by atoms with Crippen molar-refractivity contribution in [2.75, 3.05) is 5.32 Å². The molecule has 0 heterocycles. The minimum atomic E-state index is -0.668. The Balaban J connectivity index is 2.07. The van der Waals surface area contributed by atoms with Gasteiger partial charge in [0.15, 0.2) is 0 Å². The number of anilines is 1. The van der Waals surface area contributed by atoms with Crippen molar-refractivity contribution in [2.45, 2.75) is 32.9 Å². The fraction of sp³-hybridized carbons (Fsp3) is 0.263. The molecule has 0 bridgehead atoms. The molecule has 2 aromatic rings. The number of nitro benzene ring substituents is 1. The molecule has 28 heavy (non-hydrogen) atoms. The van der Waals surface area contributed by atoms with Gasteiger partial charge >= 0.3 is 6.09 Å². The summed E-state index contributed by atoms with van der Waals surface area (Å²) in [5.41, 5.74) is -0.353. The van der Waals surface area contributed by atoms with Crippen LogP contribution >= 0.6 is 0 Å². The second kappa shape index (κ2) is 8.47. The van der Waals surface area contributed by atoms with Gasteiger partial charge in [-0.15, -0.1) is 0 Å². The van der Waals surface area contributed by atoms with Crippen LogP contribution in [0.15, 0.2) is 42.5 Å². The van der Waals surface area contributed by atoms with Crippen molar-refractivity contribution < 1.29 is 23.6 Å². The molecule has 0 aliphatic heterocycles. The third-order valence-corrected chi connectivity index (χ3v) is 3.45. The molecule has 0 aliphatic carbocycles. The highest BCUT2D eigenvalue weighted by Gasteiger charge is 2.18. The predicted octanol–water partition coefficient (Wildman–Crippen LogP) is 4.01. The van der Waals surface area contributed by atoms with Gasteiger partial charge in [0.2, 0.25) is 0 Å². The van der Waals surface area contributed by atoms with Crippen LogP contribution in [0, 0.1) is 15.9 Å². The number of nitrogens with one attached hydrogen (secondary N) is 2. The van der Waals surface area contributed by atoms with Crippen molar-refractivity contribution in [1.82, 2.24) is 5.32 Å². The fourth-order valence-electron chi connectivity index (χ4n) is 2.31. The van der Waals surface area contributed by atoms with Gasteiger partial charge in [-0.2, -0.15) is 0 Å². The summed E-state index contributed by atoms with van der Waals surface area (Å²) in [4.78, 5) is 34.5. The predicted molar refractivity (Wildman–Crippen MR) is 101 cm³/mol. The maximum atomic E-state index is 13.4. The molecule has 148 valence electrons. The summed E-state index contributed by atoms with van der Waals surface area (Å²) in [5, 5.41) is 16.0. The molecule has 2 N–H and O–H groups in total. The van der Waals surface area contributed by atoms with Crippen LogP contribution in [0.3, 0.4) is 0 Å². The molecule has 0 unspecified atom stereocenters. The molecule has 0 fully saturated rings. The topological polar surface area (TPSA) is 111 Å². The van der Waals surface area contributed by atoms with Crippen LogP contribution in [-0.4, -0.2) is 22.5 Å². The van der Waals surface area contributed by atoms with E-state index in [1.165, 1.54) is 12.1 Å². The van der Waals surface area contributed by atoms with Gasteiger partial charge in [-0.25, -0.2) is 9.18 Å². The minimum absolute atomic E-state index is 0.0429. The quantitative estimate of drug-likeness (QED) is 0.593. The van der Waals surface area contributed by atoms with Crippen LogP contribution < -0.4 is 10.6 Å². The standard InChI is InChI=1S/C19H20FN3O5/c1-19(2,3)28-18(25)22-15-6-4-5-12(10-15)17(24)21-11-13-9-14(20)7-8-16(13)23(26)27/h4-10H,11H2,1-3H3,(H,21,24)(H,22,25). The maximum absolute atomic E-state index is 13.4. The first-order valence-electron chi connectivity index (χ1n) is 8.36. The Labute approximate surface area is 160 Å². The van der Waals surface area contributed by atoms with E-state index in [1.807, 2.05) is 0 Å². The summed E-state index contributed by atoms with van der Waals surface area (Å²) in [6.45, 7) is 4.95. The number of rotatable bonds is 5. The number of nitro groups is 1. The highest BCUT2D eigenvalue weighted by molar-refractivity contribution is 5.96. The monoisotopic (exact) mass is 389 g/mol. The number of carbonyl (C=O) groups is 2. The normalized spacial score (nSPS) is 10.9. The van der Waals surface area contributed by atoms with E-state index >= 15 is 0 Å². The first kappa shape index (κ1) is 20.8. The summed E-state index contributed by atoms with van der Waals surface area (Å²) in [5.74, 6) is -1.18. The van der Waals surface area contributed by atoms with E-state index < -0.39 is 28.3 Å². The number of halogens is 1. The summed E-state index contributed by atoms with van der Waals surface area (Å²) in [6.07, 6.45) is -0.666. The van der Waals surface area contributed by atoms with E-state index in [0.29, 0.717) is 5.69 Å².